The Bertz CT molecular complexity index is 1140. The van der Waals surface area contributed by atoms with Crippen molar-refractivity contribution in [3.8, 4) is 0 Å². The van der Waals surface area contributed by atoms with Crippen molar-refractivity contribution in [3.63, 3.8) is 0 Å². The van der Waals surface area contributed by atoms with Crippen LogP contribution >= 0.6 is 0 Å². The molecule has 5 amide bonds. The van der Waals surface area contributed by atoms with Crippen LogP contribution in [-0.2, 0) is 28.8 Å². The van der Waals surface area contributed by atoms with E-state index >= 15 is 0 Å². The van der Waals surface area contributed by atoms with Gasteiger partial charge in [0.1, 0.15) is 24.2 Å². The summed E-state index contributed by atoms with van der Waals surface area (Å²) in [6, 6.07) is -5.23. The Morgan fingerprint density at radius 1 is 0.708 bits per heavy atom. The molecule has 0 aromatic carbocycles. The van der Waals surface area contributed by atoms with E-state index in [1.54, 1.807) is 0 Å². The number of hydrogen-bond acceptors (Lipinski definition) is 8. The van der Waals surface area contributed by atoms with Crippen molar-refractivity contribution in [1.82, 2.24) is 25.8 Å². The number of nitrogens with zero attached hydrogens (tertiary/aromatic N) is 2. The molecular weight excluding hydrogens is 622 g/mol. The van der Waals surface area contributed by atoms with E-state index in [1.807, 2.05) is 13.8 Å². The van der Waals surface area contributed by atoms with Gasteiger partial charge in [-0.05, 0) is 56.8 Å². The molecule has 0 unspecified atom stereocenters. The van der Waals surface area contributed by atoms with E-state index < -0.39 is 78.9 Å². The van der Waals surface area contributed by atoms with Gasteiger partial charge in [-0.1, -0.05) is 52.9 Å². The molecule has 1 aliphatic carbocycles. The summed E-state index contributed by atoms with van der Waals surface area (Å²) in [5, 5.41) is 37.0. The average Bonchev–Trinajstić information content (AvgIpc) is 3.55. The molecule has 0 bridgehead atoms. The molecule has 48 heavy (non-hydrogen) atoms. The SMILES string of the molecule is CC(C)[C@H](NC(=O)C[C@H](C)C1CCCCC1)C(=O)N1CCCC[C@H]1C(=O)N[C@@H](CC(=O)O)C(=O)N1CCC[C@H]1C(=O)N[C@H](CO)[C@@H](C)O. The maximum atomic E-state index is 13.9. The molecule has 0 aromatic rings. The Kier molecular flexibility index (Phi) is 15.1. The lowest BCUT2D eigenvalue weighted by Crippen LogP contribution is -2.61. The lowest BCUT2D eigenvalue weighted by atomic mass is 9.79. The highest BCUT2D eigenvalue weighted by Gasteiger charge is 2.42. The van der Waals surface area contributed by atoms with Gasteiger partial charge in [0.15, 0.2) is 0 Å². The molecule has 0 spiro atoms. The zero-order chi connectivity index (χ0) is 35.5. The molecule has 3 rings (SSSR count). The van der Waals surface area contributed by atoms with E-state index in [-0.39, 0.29) is 37.3 Å². The Hall–Kier alpha value is -3.26. The van der Waals surface area contributed by atoms with E-state index in [2.05, 4.69) is 22.9 Å². The lowest BCUT2D eigenvalue weighted by molar-refractivity contribution is -0.149. The summed E-state index contributed by atoms with van der Waals surface area (Å²) in [5.74, 6) is -3.50. The van der Waals surface area contributed by atoms with Gasteiger partial charge in [0.2, 0.25) is 29.5 Å². The standard InChI is InChI=1S/C34H57N5O9/c1-20(2)30(37-28(42)17-21(3)23-11-6-5-7-12-23)34(48)39-15-9-8-13-26(39)31(45)35-24(18-29(43)44)33(47)38-16-10-14-27(38)32(46)36-25(19-40)22(4)41/h20-27,30,40-41H,5-19H2,1-4H3,(H,35,45)(H,36,46)(H,37,42)(H,43,44)/t21-,22+,24-,25+,26-,27-,30-/m0/s1. The normalized spacial score (nSPS) is 23.5. The van der Waals surface area contributed by atoms with Crippen LogP contribution in [0.25, 0.3) is 0 Å². The van der Waals surface area contributed by atoms with Gasteiger partial charge in [-0.2, -0.15) is 0 Å². The highest BCUT2D eigenvalue weighted by atomic mass is 16.4. The molecule has 0 radical (unpaired) electrons. The second-order valence-electron chi connectivity index (χ2n) is 14.3. The largest absolute Gasteiger partial charge is 0.481 e. The first-order chi connectivity index (χ1) is 22.7. The van der Waals surface area contributed by atoms with Crippen LogP contribution in [0.15, 0.2) is 0 Å². The van der Waals surface area contributed by atoms with Gasteiger partial charge in [0.05, 0.1) is 25.2 Å². The van der Waals surface area contributed by atoms with E-state index in [0.717, 1.165) is 12.8 Å². The van der Waals surface area contributed by atoms with Gasteiger partial charge in [-0.25, -0.2) is 0 Å². The van der Waals surface area contributed by atoms with Gasteiger partial charge in [-0.3, -0.25) is 28.8 Å². The summed E-state index contributed by atoms with van der Waals surface area (Å²) < 4.78 is 0. The molecule has 0 aromatic heterocycles. The Labute approximate surface area is 283 Å². The third-order valence-corrected chi connectivity index (χ3v) is 10.2. The van der Waals surface area contributed by atoms with Gasteiger partial charge in [0, 0.05) is 19.5 Å². The second kappa shape index (κ2) is 18.5. The summed E-state index contributed by atoms with van der Waals surface area (Å²) in [5.41, 5.74) is 0. The number of aliphatic hydroxyl groups is 2. The number of carbonyl (C=O) groups excluding carboxylic acids is 5. The first-order valence-electron chi connectivity index (χ1n) is 17.8. The number of aliphatic hydroxyl groups excluding tert-OH is 2. The maximum Gasteiger partial charge on any atom is 0.305 e. The number of hydrogen-bond donors (Lipinski definition) is 6. The minimum Gasteiger partial charge on any atom is -0.481 e. The number of likely N-dealkylation sites (tertiary alicyclic amines) is 2. The lowest BCUT2D eigenvalue weighted by Gasteiger charge is -2.38. The van der Waals surface area contributed by atoms with Crippen molar-refractivity contribution < 1.29 is 44.1 Å². The van der Waals surface area contributed by atoms with Crippen LogP contribution in [0.4, 0.5) is 0 Å². The maximum absolute atomic E-state index is 13.9. The van der Waals surface area contributed by atoms with Crippen LogP contribution in [0.3, 0.4) is 0 Å². The predicted molar refractivity (Wildman–Crippen MR) is 176 cm³/mol. The van der Waals surface area contributed by atoms with Crippen LogP contribution in [0.1, 0.15) is 105 Å². The number of piperidine rings is 1. The molecular formula is C34H57N5O9. The molecule has 272 valence electrons. The summed E-state index contributed by atoms with van der Waals surface area (Å²) in [4.78, 5) is 82.0. The number of nitrogens with one attached hydrogen (secondary N) is 3. The fraction of sp³-hybridized carbons (Fsp3) is 0.824. The number of carboxylic acids is 1. The molecule has 14 heteroatoms. The molecule has 7 atom stereocenters. The van der Waals surface area contributed by atoms with Crippen LogP contribution < -0.4 is 16.0 Å². The van der Waals surface area contributed by atoms with Gasteiger partial charge >= 0.3 is 5.97 Å². The van der Waals surface area contributed by atoms with Gasteiger partial charge in [-0.15, -0.1) is 0 Å². The summed E-state index contributed by atoms with van der Waals surface area (Å²) in [6.45, 7) is 7.08. The molecule has 6 N–H and O–H groups in total. The fourth-order valence-electron chi connectivity index (χ4n) is 7.30. The van der Waals surface area contributed by atoms with E-state index in [4.69, 9.17) is 0 Å². The van der Waals surface area contributed by atoms with Crippen LogP contribution in [-0.4, -0.2) is 117 Å². The highest BCUT2D eigenvalue weighted by molar-refractivity contribution is 5.97. The van der Waals surface area contributed by atoms with E-state index in [0.29, 0.717) is 38.0 Å². The fourth-order valence-corrected chi connectivity index (χ4v) is 7.30. The third-order valence-electron chi connectivity index (χ3n) is 10.2. The predicted octanol–water partition coefficient (Wildman–Crippen LogP) is 0.923. The number of carbonyl (C=O) groups is 6. The first kappa shape index (κ1) is 39.2. The zero-order valence-electron chi connectivity index (χ0n) is 29.0. The van der Waals surface area contributed by atoms with Crippen molar-refractivity contribution in [3.05, 3.63) is 0 Å². The monoisotopic (exact) mass is 679 g/mol. The second-order valence-corrected chi connectivity index (χ2v) is 14.3. The zero-order valence-corrected chi connectivity index (χ0v) is 29.0. The number of aliphatic carboxylic acids is 1. The smallest absolute Gasteiger partial charge is 0.305 e. The van der Waals surface area contributed by atoms with Crippen LogP contribution in [0.2, 0.25) is 0 Å². The topological polar surface area (TPSA) is 206 Å². The number of carboxylic acid groups (broad SMARTS) is 1. The molecule has 2 heterocycles. The Balaban J connectivity index is 1.71. The van der Waals surface area contributed by atoms with E-state index in [9.17, 15) is 44.1 Å². The van der Waals surface area contributed by atoms with Crippen LogP contribution in [0, 0.1) is 17.8 Å². The molecule has 2 saturated heterocycles. The van der Waals surface area contributed by atoms with Crippen molar-refractivity contribution in [2.45, 2.75) is 141 Å². The van der Waals surface area contributed by atoms with Gasteiger partial charge < -0.3 is 41.1 Å². The molecule has 2 aliphatic heterocycles. The third kappa shape index (κ3) is 10.6. The molecule has 3 fully saturated rings. The van der Waals surface area contributed by atoms with Crippen molar-refractivity contribution in [2.24, 2.45) is 17.8 Å². The van der Waals surface area contributed by atoms with Crippen molar-refractivity contribution in [1.29, 1.82) is 0 Å². The molecule has 14 nitrogen and oxygen atoms in total. The number of rotatable bonds is 15. The highest BCUT2D eigenvalue weighted by Crippen LogP contribution is 2.31. The molecule has 1 saturated carbocycles. The molecule has 3 aliphatic rings. The quantitative estimate of drug-likeness (QED) is 0.145. The minimum atomic E-state index is -1.49. The minimum absolute atomic E-state index is 0.157. The number of amides is 5. The Morgan fingerprint density at radius 2 is 1.27 bits per heavy atom. The summed E-state index contributed by atoms with van der Waals surface area (Å²) in [6.07, 6.45) is 6.67. The first-order valence-corrected chi connectivity index (χ1v) is 17.8. The Morgan fingerprint density at radius 3 is 1.85 bits per heavy atom. The summed E-state index contributed by atoms with van der Waals surface area (Å²) in [7, 11) is 0. The van der Waals surface area contributed by atoms with Crippen molar-refractivity contribution >= 4 is 35.5 Å². The summed E-state index contributed by atoms with van der Waals surface area (Å²) >= 11 is 0. The van der Waals surface area contributed by atoms with E-state index in [1.165, 1.54) is 36.0 Å². The average molecular weight is 680 g/mol. The van der Waals surface area contributed by atoms with Gasteiger partial charge in [0.25, 0.3) is 0 Å². The van der Waals surface area contributed by atoms with Crippen LogP contribution in [0.5, 0.6) is 0 Å². The van der Waals surface area contributed by atoms with Crippen molar-refractivity contribution in [2.75, 3.05) is 19.7 Å².